The summed E-state index contributed by atoms with van der Waals surface area (Å²) < 4.78 is 29.6. The van der Waals surface area contributed by atoms with Crippen molar-refractivity contribution in [3.8, 4) is 11.3 Å². The van der Waals surface area contributed by atoms with Crippen molar-refractivity contribution in [3.05, 3.63) is 41.6 Å². The number of rotatable bonds is 6. The van der Waals surface area contributed by atoms with E-state index >= 15 is 0 Å². The molecule has 2 N–H and O–H groups in total. The van der Waals surface area contributed by atoms with Gasteiger partial charge in [-0.2, -0.15) is 0 Å². The average Bonchev–Trinajstić information content (AvgIpc) is 3.47. The number of carbonyl (C=O) groups is 2. The highest BCUT2D eigenvalue weighted by Crippen LogP contribution is 2.40. The fourth-order valence-electron chi connectivity index (χ4n) is 4.35. The maximum Gasteiger partial charge on any atom is 0.256 e. The van der Waals surface area contributed by atoms with Crippen LogP contribution in [0.25, 0.3) is 16.9 Å². The van der Waals surface area contributed by atoms with E-state index in [0.717, 1.165) is 12.8 Å². The Morgan fingerprint density at radius 2 is 2.00 bits per heavy atom. The number of benzene rings is 1. The number of fused-ring (bicyclic) bond motifs is 2. The Morgan fingerprint density at radius 3 is 2.67 bits per heavy atom. The van der Waals surface area contributed by atoms with Gasteiger partial charge in [-0.3, -0.25) is 9.59 Å². The molecule has 2 aromatic heterocycles. The summed E-state index contributed by atoms with van der Waals surface area (Å²) in [6.45, 7) is 3.79. The van der Waals surface area contributed by atoms with Gasteiger partial charge in [-0.25, -0.2) is 22.6 Å². The molecule has 0 unspecified atom stereocenters. The molecule has 0 spiro atoms. The van der Waals surface area contributed by atoms with Gasteiger partial charge in [0.05, 0.1) is 16.2 Å². The molecule has 1 aromatic carbocycles. The number of aromatic nitrogens is 3. The van der Waals surface area contributed by atoms with Crippen LogP contribution < -0.4 is 10.0 Å². The first-order valence-electron chi connectivity index (χ1n) is 10.7. The number of nitrogens with one attached hydrogen (secondary N) is 2. The van der Waals surface area contributed by atoms with Crippen molar-refractivity contribution < 1.29 is 18.0 Å². The van der Waals surface area contributed by atoms with Crippen molar-refractivity contribution >= 4 is 33.3 Å². The topological polar surface area (TPSA) is 126 Å². The fourth-order valence-corrected chi connectivity index (χ4v) is 5.34. The Bertz CT molecular complexity index is 1410. The van der Waals surface area contributed by atoms with E-state index in [-0.39, 0.29) is 28.3 Å². The third-order valence-corrected chi connectivity index (χ3v) is 7.72. The first-order valence-corrected chi connectivity index (χ1v) is 12.2. The number of hydrogen-bond acceptors (Lipinski definition) is 6. The molecule has 1 atom stereocenters. The van der Waals surface area contributed by atoms with Crippen LogP contribution in [0.1, 0.15) is 42.6 Å². The Morgan fingerprint density at radius 1 is 1.24 bits per heavy atom. The average molecular weight is 469 g/mol. The second kappa shape index (κ2) is 7.63. The number of sulfonamides is 1. The highest BCUT2D eigenvalue weighted by atomic mass is 32.2. The van der Waals surface area contributed by atoms with Gasteiger partial charge in [0.2, 0.25) is 15.9 Å². The highest BCUT2D eigenvalue weighted by Gasteiger charge is 2.41. The predicted octanol–water partition coefficient (Wildman–Crippen LogP) is 2.02. The third-order valence-electron chi connectivity index (χ3n) is 6.28. The Balaban J connectivity index is 1.61. The Kier molecular flexibility index (Phi) is 4.98. The molecule has 1 fully saturated rings. The van der Waals surface area contributed by atoms with E-state index < -0.39 is 10.0 Å². The summed E-state index contributed by atoms with van der Waals surface area (Å²) in [5.41, 5.74) is 2.52. The zero-order valence-corrected chi connectivity index (χ0v) is 19.3. The lowest BCUT2D eigenvalue weighted by Gasteiger charge is -2.24. The first-order chi connectivity index (χ1) is 15.7. The fraction of sp³-hybridized carbons (Fsp3) is 0.364. The van der Waals surface area contributed by atoms with Gasteiger partial charge in [0.25, 0.3) is 5.91 Å². The van der Waals surface area contributed by atoms with Crippen LogP contribution in [0.2, 0.25) is 0 Å². The lowest BCUT2D eigenvalue weighted by Crippen LogP contribution is -2.35. The molecule has 5 rings (SSSR count). The van der Waals surface area contributed by atoms with E-state index in [0.29, 0.717) is 40.7 Å². The maximum absolute atomic E-state index is 13.2. The van der Waals surface area contributed by atoms with Crippen molar-refractivity contribution in [3.63, 3.8) is 0 Å². The molecule has 10 nitrogen and oxygen atoms in total. The summed E-state index contributed by atoms with van der Waals surface area (Å²) in [7, 11) is -2.55. The molecule has 33 heavy (non-hydrogen) atoms. The molecule has 2 amide bonds. The summed E-state index contributed by atoms with van der Waals surface area (Å²) >= 11 is 0. The molecule has 3 aromatic rings. The Hall–Kier alpha value is -3.31. The van der Waals surface area contributed by atoms with E-state index in [1.165, 1.54) is 24.6 Å². The summed E-state index contributed by atoms with van der Waals surface area (Å²) in [4.78, 5) is 30.9. The monoisotopic (exact) mass is 468 g/mol. The number of hydrogen-bond donors (Lipinski definition) is 2. The maximum atomic E-state index is 13.2. The SMILES string of the molecule is CNS(=O)(=O)c1cc(-c2ccn3nc(NC(C)=O)cc3n2)cc2c1C(=O)N([C@@H](C)C1CC1)C2. The van der Waals surface area contributed by atoms with Crippen molar-refractivity contribution in [2.24, 2.45) is 5.92 Å². The minimum absolute atomic E-state index is 0.0397. The molecular weight excluding hydrogens is 444 g/mol. The molecule has 1 saturated carbocycles. The molecular formula is C22H24N6O4S. The second-order valence-corrected chi connectivity index (χ2v) is 10.4. The summed E-state index contributed by atoms with van der Waals surface area (Å²) in [6.07, 6.45) is 3.86. The zero-order chi connectivity index (χ0) is 23.5. The van der Waals surface area contributed by atoms with Crippen LogP contribution in [0.4, 0.5) is 5.82 Å². The molecule has 0 saturated heterocycles. The van der Waals surface area contributed by atoms with Gasteiger partial charge in [-0.1, -0.05) is 0 Å². The molecule has 0 bridgehead atoms. The van der Waals surface area contributed by atoms with Gasteiger partial charge in [0.1, 0.15) is 0 Å². The van der Waals surface area contributed by atoms with E-state index in [9.17, 15) is 18.0 Å². The van der Waals surface area contributed by atoms with Crippen LogP contribution in [0.3, 0.4) is 0 Å². The van der Waals surface area contributed by atoms with Gasteiger partial charge in [0, 0.05) is 37.3 Å². The normalized spacial score (nSPS) is 16.8. The van der Waals surface area contributed by atoms with Crippen LogP contribution >= 0.6 is 0 Å². The molecule has 172 valence electrons. The molecule has 3 heterocycles. The zero-order valence-electron chi connectivity index (χ0n) is 18.5. The van der Waals surface area contributed by atoms with Crippen LogP contribution in [0.15, 0.2) is 35.4 Å². The largest absolute Gasteiger partial charge is 0.331 e. The minimum Gasteiger partial charge on any atom is -0.331 e. The Labute approximate surface area is 191 Å². The number of nitrogens with zero attached hydrogens (tertiary/aromatic N) is 4. The lowest BCUT2D eigenvalue weighted by atomic mass is 10.0. The molecule has 2 aliphatic rings. The van der Waals surface area contributed by atoms with Gasteiger partial charge in [0.15, 0.2) is 11.5 Å². The van der Waals surface area contributed by atoms with E-state index in [1.807, 2.05) is 13.0 Å². The van der Waals surface area contributed by atoms with Crippen molar-refractivity contribution in [2.45, 2.75) is 44.2 Å². The smallest absolute Gasteiger partial charge is 0.256 e. The quantitative estimate of drug-likeness (QED) is 0.570. The van der Waals surface area contributed by atoms with Crippen LogP contribution in [-0.4, -0.2) is 52.8 Å². The van der Waals surface area contributed by atoms with Gasteiger partial charge in [-0.05, 0) is 56.5 Å². The van der Waals surface area contributed by atoms with Crippen LogP contribution in [-0.2, 0) is 21.4 Å². The number of amides is 2. The first kappa shape index (κ1) is 21.5. The third kappa shape index (κ3) is 3.76. The van der Waals surface area contributed by atoms with Gasteiger partial charge in [-0.15, -0.1) is 5.10 Å². The van der Waals surface area contributed by atoms with Crippen LogP contribution in [0, 0.1) is 5.92 Å². The summed E-state index contributed by atoms with van der Waals surface area (Å²) in [5.74, 6) is 0.350. The van der Waals surface area contributed by atoms with E-state index in [2.05, 4.69) is 20.1 Å². The van der Waals surface area contributed by atoms with E-state index in [1.54, 1.807) is 23.2 Å². The number of carbonyl (C=O) groups excluding carboxylic acids is 2. The molecule has 1 aliphatic carbocycles. The van der Waals surface area contributed by atoms with Crippen molar-refractivity contribution in [2.75, 3.05) is 12.4 Å². The predicted molar refractivity (Wildman–Crippen MR) is 121 cm³/mol. The standard InChI is InChI=1S/C22H24N6O4S/c1-12(14-4-5-14)27-11-16-8-15(9-18(21(16)22(27)30)33(31,32)23-3)17-6-7-28-20(25-17)10-19(26-28)24-13(2)29/h6-10,12,14,23H,4-5,11H2,1-3H3,(H,24,26,29)/t12-/m0/s1. The second-order valence-electron chi connectivity index (χ2n) is 8.55. The number of anilines is 1. The molecule has 1 aliphatic heterocycles. The summed E-state index contributed by atoms with van der Waals surface area (Å²) in [5, 5.41) is 6.86. The van der Waals surface area contributed by atoms with Crippen molar-refractivity contribution in [1.29, 1.82) is 0 Å². The summed E-state index contributed by atoms with van der Waals surface area (Å²) in [6, 6.07) is 6.75. The van der Waals surface area contributed by atoms with Gasteiger partial charge >= 0.3 is 0 Å². The molecule has 11 heteroatoms. The molecule has 0 radical (unpaired) electrons. The lowest BCUT2D eigenvalue weighted by molar-refractivity contribution is -0.114. The van der Waals surface area contributed by atoms with Gasteiger partial charge < -0.3 is 10.2 Å². The van der Waals surface area contributed by atoms with Crippen molar-refractivity contribution in [1.82, 2.24) is 24.2 Å². The van der Waals surface area contributed by atoms with Crippen LogP contribution in [0.5, 0.6) is 0 Å². The minimum atomic E-state index is -3.88. The van der Waals surface area contributed by atoms with E-state index in [4.69, 9.17) is 0 Å². The highest BCUT2D eigenvalue weighted by molar-refractivity contribution is 7.89.